The van der Waals surface area contributed by atoms with Crippen LogP contribution in [0.4, 0.5) is 0 Å². The van der Waals surface area contributed by atoms with Gasteiger partial charge in [-0.15, -0.1) is 11.3 Å². The number of carbonyl (C=O) groups is 2. The molecule has 0 bridgehead atoms. The Balaban J connectivity index is 1.61. The molecule has 0 atom stereocenters. The van der Waals surface area contributed by atoms with Crippen LogP contribution in [0.1, 0.15) is 64.8 Å². The van der Waals surface area contributed by atoms with Crippen LogP contribution in [0.5, 0.6) is 0 Å². The summed E-state index contributed by atoms with van der Waals surface area (Å²) in [6.45, 7) is 3.70. The number of Topliss-reactive ketones (excluding diaryl/α,β-unsaturated/α-hetero) is 1. The summed E-state index contributed by atoms with van der Waals surface area (Å²) in [6, 6.07) is 3.74. The molecule has 2 aromatic rings. The fourth-order valence-corrected chi connectivity index (χ4v) is 3.98. The van der Waals surface area contributed by atoms with E-state index in [2.05, 4.69) is 15.5 Å². The maximum atomic E-state index is 12.4. The summed E-state index contributed by atoms with van der Waals surface area (Å²) >= 11 is 1.47. The van der Waals surface area contributed by atoms with Gasteiger partial charge in [-0.3, -0.25) is 9.59 Å². The van der Waals surface area contributed by atoms with Crippen molar-refractivity contribution >= 4 is 23.0 Å². The fraction of sp³-hybridized carbons (Fsp3) is 0.529. The van der Waals surface area contributed by atoms with E-state index in [1.54, 1.807) is 6.92 Å². The first-order valence-corrected chi connectivity index (χ1v) is 9.02. The van der Waals surface area contributed by atoms with Gasteiger partial charge in [0.1, 0.15) is 5.54 Å². The Kier molecular flexibility index (Phi) is 4.80. The molecule has 2 aromatic heterocycles. The zero-order valence-corrected chi connectivity index (χ0v) is 14.7. The van der Waals surface area contributed by atoms with Crippen molar-refractivity contribution in [3.8, 4) is 0 Å². The molecule has 0 radical (unpaired) electrons. The maximum absolute atomic E-state index is 12.4. The van der Waals surface area contributed by atoms with E-state index in [-0.39, 0.29) is 24.5 Å². The first kappa shape index (κ1) is 16.8. The minimum absolute atomic E-state index is 0.0131. The fourth-order valence-electron chi connectivity index (χ4n) is 3.14. The van der Waals surface area contributed by atoms with Gasteiger partial charge in [0.05, 0.1) is 4.88 Å². The zero-order valence-electron chi connectivity index (χ0n) is 13.9. The highest BCUT2D eigenvalue weighted by Gasteiger charge is 2.41. The van der Waals surface area contributed by atoms with Gasteiger partial charge in [-0.25, -0.2) is 0 Å². The average molecular weight is 347 g/mol. The van der Waals surface area contributed by atoms with Gasteiger partial charge in [0.15, 0.2) is 11.6 Å². The number of aromatic nitrogens is 2. The van der Waals surface area contributed by atoms with Crippen molar-refractivity contribution in [2.45, 2.75) is 57.9 Å². The molecule has 1 amide bonds. The Hall–Kier alpha value is -2.02. The van der Waals surface area contributed by atoms with Crippen LogP contribution in [0.25, 0.3) is 0 Å². The molecule has 1 N–H and O–H groups in total. The van der Waals surface area contributed by atoms with Crippen LogP contribution in [-0.4, -0.2) is 21.8 Å². The predicted molar refractivity (Wildman–Crippen MR) is 89.9 cm³/mol. The van der Waals surface area contributed by atoms with Gasteiger partial charge < -0.3 is 9.84 Å². The van der Waals surface area contributed by atoms with Crippen LogP contribution >= 0.6 is 11.3 Å². The molecule has 24 heavy (non-hydrogen) atoms. The molecule has 1 aliphatic carbocycles. The Morgan fingerprint density at radius 1 is 1.25 bits per heavy atom. The largest absolute Gasteiger partial charge is 0.343 e. The highest BCUT2D eigenvalue weighted by Crippen LogP contribution is 2.37. The smallest absolute Gasteiger partial charge is 0.223 e. The van der Waals surface area contributed by atoms with Crippen LogP contribution in [-0.2, 0) is 10.3 Å². The lowest BCUT2D eigenvalue weighted by Crippen LogP contribution is -2.44. The lowest BCUT2D eigenvalue weighted by molar-refractivity contribution is -0.123. The Morgan fingerprint density at radius 3 is 2.58 bits per heavy atom. The van der Waals surface area contributed by atoms with Gasteiger partial charge >= 0.3 is 0 Å². The van der Waals surface area contributed by atoms with E-state index in [9.17, 15) is 9.59 Å². The first-order chi connectivity index (χ1) is 11.5. The topological polar surface area (TPSA) is 85.1 Å². The number of hydrogen-bond donors (Lipinski definition) is 1. The highest BCUT2D eigenvalue weighted by molar-refractivity contribution is 7.14. The molecule has 1 aliphatic rings. The van der Waals surface area contributed by atoms with Gasteiger partial charge in [0, 0.05) is 24.6 Å². The summed E-state index contributed by atoms with van der Waals surface area (Å²) in [6.07, 6.45) is 4.02. The van der Waals surface area contributed by atoms with E-state index in [1.807, 2.05) is 19.1 Å². The van der Waals surface area contributed by atoms with Gasteiger partial charge in [0.25, 0.3) is 0 Å². The summed E-state index contributed by atoms with van der Waals surface area (Å²) in [5, 5.41) is 7.06. The number of carbonyl (C=O) groups excluding carboxylic acids is 2. The molecule has 1 fully saturated rings. The maximum Gasteiger partial charge on any atom is 0.223 e. The van der Waals surface area contributed by atoms with E-state index in [0.717, 1.165) is 30.6 Å². The predicted octanol–water partition coefficient (Wildman–Crippen LogP) is 3.30. The van der Waals surface area contributed by atoms with Gasteiger partial charge in [-0.2, -0.15) is 4.98 Å². The number of aryl methyl sites for hydroxylation is 2. The Morgan fingerprint density at radius 2 is 2.00 bits per heavy atom. The van der Waals surface area contributed by atoms with Crippen molar-refractivity contribution in [3.05, 3.63) is 33.6 Å². The summed E-state index contributed by atoms with van der Waals surface area (Å²) < 4.78 is 5.08. The molecule has 3 rings (SSSR count). The summed E-state index contributed by atoms with van der Waals surface area (Å²) in [5.74, 6) is 0.917. The average Bonchev–Trinajstić information content (AvgIpc) is 3.27. The monoisotopic (exact) mass is 347 g/mol. The third-order valence-electron chi connectivity index (χ3n) is 4.39. The van der Waals surface area contributed by atoms with Crippen LogP contribution in [0.15, 0.2) is 16.7 Å². The summed E-state index contributed by atoms with van der Waals surface area (Å²) in [5.41, 5.74) is -0.544. The quantitative estimate of drug-likeness (QED) is 0.811. The number of nitrogens with one attached hydrogen (secondary N) is 1. The Bertz CT molecular complexity index is 744. The molecule has 1 saturated carbocycles. The van der Waals surface area contributed by atoms with Crippen LogP contribution in [0, 0.1) is 13.8 Å². The standard InChI is InChI=1S/C17H21N3O3S/c1-11-5-7-14(24-11)13(21)6-8-15(22)19-17(9-3-4-10-17)16-18-12(2)23-20-16/h5,7H,3-4,6,8-10H2,1-2H3,(H,19,22). The molecule has 0 aliphatic heterocycles. The van der Waals surface area contributed by atoms with Crippen molar-refractivity contribution in [1.82, 2.24) is 15.5 Å². The Labute approximate surface area is 144 Å². The van der Waals surface area contributed by atoms with Crippen LogP contribution in [0.2, 0.25) is 0 Å². The van der Waals surface area contributed by atoms with Gasteiger partial charge in [0.2, 0.25) is 11.8 Å². The first-order valence-electron chi connectivity index (χ1n) is 8.20. The highest BCUT2D eigenvalue weighted by atomic mass is 32.1. The molecule has 0 unspecified atom stereocenters. The van der Waals surface area contributed by atoms with Crippen molar-refractivity contribution < 1.29 is 14.1 Å². The normalized spacial score (nSPS) is 16.2. The van der Waals surface area contributed by atoms with E-state index in [1.165, 1.54) is 11.3 Å². The second-order valence-corrected chi connectivity index (χ2v) is 7.60. The van der Waals surface area contributed by atoms with Gasteiger partial charge in [-0.05, 0) is 31.9 Å². The lowest BCUT2D eigenvalue weighted by Gasteiger charge is -2.26. The van der Waals surface area contributed by atoms with E-state index >= 15 is 0 Å². The molecule has 2 heterocycles. The molecule has 0 spiro atoms. The molecule has 0 aromatic carbocycles. The number of ketones is 1. The SMILES string of the molecule is Cc1nc(C2(NC(=O)CCC(=O)c3ccc(C)s3)CCCC2)no1. The number of amides is 1. The van der Waals surface area contributed by atoms with Crippen molar-refractivity contribution in [2.75, 3.05) is 0 Å². The molecular formula is C17H21N3O3S. The van der Waals surface area contributed by atoms with E-state index in [0.29, 0.717) is 16.6 Å². The number of thiophene rings is 1. The van der Waals surface area contributed by atoms with Crippen LogP contribution < -0.4 is 5.32 Å². The summed E-state index contributed by atoms with van der Waals surface area (Å²) in [7, 11) is 0. The van der Waals surface area contributed by atoms with Crippen molar-refractivity contribution in [1.29, 1.82) is 0 Å². The number of nitrogens with zero attached hydrogens (tertiary/aromatic N) is 2. The second-order valence-electron chi connectivity index (χ2n) is 6.31. The van der Waals surface area contributed by atoms with Crippen molar-refractivity contribution in [2.24, 2.45) is 0 Å². The minimum Gasteiger partial charge on any atom is -0.343 e. The van der Waals surface area contributed by atoms with Crippen molar-refractivity contribution in [3.63, 3.8) is 0 Å². The third-order valence-corrected chi connectivity index (χ3v) is 5.43. The second kappa shape index (κ2) is 6.84. The molecule has 0 saturated heterocycles. The number of hydrogen-bond acceptors (Lipinski definition) is 6. The molecular weight excluding hydrogens is 326 g/mol. The van der Waals surface area contributed by atoms with E-state index < -0.39 is 5.54 Å². The van der Waals surface area contributed by atoms with Gasteiger partial charge in [-0.1, -0.05) is 18.0 Å². The molecule has 128 valence electrons. The van der Waals surface area contributed by atoms with E-state index in [4.69, 9.17) is 4.52 Å². The third kappa shape index (κ3) is 3.56. The minimum atomic E-state index is -0.544. The summed E-state index contributed by atoms with van der Waals surface area (Å²) in [4.78, 5) is 30.6. The van der Waals surface area contributed by atoms with Crippen LogP contribution in [0.3, 0.4) is 0 Å². The lowest BCUT2D eigenvalue weighted by atomic mass is 9.96. The zero-order chi connectivity index (χ0) is 17.2. The molecule has 6 nitrogen and oxygen atoms in total. The number of rotatable bonds is 6. The molecule has 7 heteroatoms.